The molecule has 0 amide bonds. The van der Waals surface area contributed by atoms with Crippen LogP contribution in [0.25, 0.3) is 16.8 Å². The zero-order chi connectivity index (χ0) is 24.8. The summed E-state index contributed by atoms with van der Waals surface area (Å²) in [4.78, 5) is 2.28. The fraction of sp³-hybridized carbons (Fsp3) is 0.226. The summed E-state index contributed by atoms with van der Waals surface area (Å²) in [5, 5.41) is 2.55. The Morgan fingerprint density at radius 2 is 1.66 bits per heavy atom. The van der Waals surface area contributed by atoms with E-state index in [2.05, 4.69) is 120 Å². The summed E-state index contributed by atoms with van der Waals surface area (Å²) in [6.07, 6.45) is 2.22. The van der Waals surface area contributed by atoms with E-state index in [0.717, 1.165) is 22.3 Å². The molecule has 0 aromatic heterocycles. The first-order valence-electron chi connectivity index (χ1n) is 11.9. The first-order valence-corrected chi connectivity index (χ1v) is 12.7. The van der Waals surface area contributed by atoms with Gasteiger partial charge in [0.1, 0.15) is 0 Å². The Kier molecular flexibility index (Phi) is 8.40. The Labute approximate surface area is 217 Å². The predicted molar refractivity (Wildman–Crippen MR) is 153 cm³/mol. The average molecular weight is 530 g/mol. The van der Waals surface area contributed by atoms with E-state index in [0.29, 0.717) is 6.61 Å². The second-order valence-corrected chi connectivity index (χ2v) is 10.2. The average Bonchev–Trinajstić information content (AvgIpc) is 2.86. The standard InChI is InChI=1S/C31H33BrN2O/c1-34(2)20-29(28-15-9-13-22-10-7-8-14-27(22)28)31(23-11-5-4-6-12-23)25(21-35-3)18-24-19-26(32)16-17-30(24)33/h4-19,29,31H,20-21,33H2,1-3H3/b25-18+/t29?,31-/m1/s1. The number of hydrogen-bond acceptors (Lipinski definition) is 3. The largest absolute Gasteiger partial charge is 0.398 e. The highest BCUT2D eigenvalue weighted by Gasteiger charge is 2.30. The van der Waals surface area contributed by atoms with E-state index in [4.69, 9.17) is 10.5 Å². The van der Waals surface area contributed by atoms with Gasteiger partial charge < -0.3 is 15.4 Å². The van der Waals surface area contributed by atoms with Crippen LogP contribution in [-0.2, 0) is 4.74 Å². The lowest BCUT2D eigenvalue weighted by Crippen LogP contribution is -2.27. The molecule has 180 valence electrons. The summed E-state index contributed by atoms with van der Waals surface area (Å²) >= 11 is 3.61. The van der Waals surface area contributed by atoms with Gasteiger partial charge in [0, 0.05) is 35.7 Å². The van der Waals surface area contributed by atoms with Crippen LogP contribution in [0.15, 0.2) is 101 Å². The second kappa shape index (κ2) is 11.7. The predicted octanol–water partition coefficient (Wildman–Crippen LogP) is 7.34. The number of nitrogens with zero attached hydrogens (tertiary/aromatic N) is 1. The molecule has 3 nitrogen and oxygen atoms in total. The van der Waals surface area contributed by atoms with Gasteiger partial charge in [-0.3, -0.25) is 0 Å². The molecule has 0 aliphatic carbocycles. The van der Waals surface area contributed by atoms with Crippen molar-refractivity contribution < 1.29 is 4.74 Å². The van der Waals surface area contributed by atoms with Gasteiger partial charge in [0.15, 0.2) is 0 Å². The zero-order valence-electron chi connectivity index (χ0n) is 20.6. The highest BCUT2D eigenvalue weighted by molar-refractivity contribution is 9.10. The summed E-state index contributed by atoms with van der Waals surface area (Å²) in [5.41, 5.74) is 12.0. The van der Waals surface area contributed by atoms with E-state index in [1.54, 1.807) is 7.11 Å². The molecule has 2 N–H and O–H groups in total. The molecular weight excluding hydrogens is 496 g/mol. The molecule has 4 rings (SSSR count). The summed E-state index contributed by atoms with van der Waals surface area (Å²) in [6, 6.07) is 32.1. The lowest BCUT2D eigenvalue weighted by Gasteiger charge is -2.33. The number of nitrogen functional groups attached to an aromatic ring is 1. The van der Waals surface area contributed by atoms with Crippen LogP contribution in [0.4, 0.5) is 5.69 Å². The summed E-state index contributed by atoms with van der Waals surface area (Å²) < 4.78 is 6.80. The lowest BCUT2D eigenvalue weighted by molar-refractivity contribution is 0.217. The molecule has 0 saturated heterocycles. The fourth-order valence-electron chi connectivity index (χ4n) is 4.97. The Balaban J connectivity index is 1.97. The van der Waals surface area contributed by atoms with E-state index < -0.39 is 0 Å². The highest BCUT2D eigenvalue weighted by Crippen LogP contribution is 2.42. The van der Waals surface area contributed by atoms with Crippen LogP contribution in [0.5, 0.6) is 0 Å². The summed E-state index contributed by atoms with van der Waals surface area (Å²) in [5.74, 6) is 0.302. The van der Waals surface area contributed by atoms with E-state index >= 15 is 0 Å². The Morgan fingerprint density at radius 3 is 2.40 bits per heavy atom. The van der Waals surface area contributed by atoms with Crippen molar-refractivity contribution in [1.82, 2.24) is 4.90 Å². The summed E-state index contributed by atoms with van der Waals surface area (Å²) in [7, 11) is 6.05. The van der Waals surface area contributed by atoms with Crippen molar-refractivity contribution in [2.45, 2.75) is 11.8 Å². The number of methoxy groups -OCH3 is 1. The molecule has 0 spiro atoms. The van der Waals surface area contributed by atoms with Gasteiger partial charge in [-0.05, 0) is 65.3 Å². The number of ether oxygens (including phenoxy) is 1. The van der Waals surface area contributed by atoms with Gasteiger partial charge >= 0.3 is 0 Å². The van der Waals surface area contributed by atoms with Gasteiger partial charge in [0.05, 0.1) is 6.61 Å². The number of halogens is 1. The van der Waals surface area contributed by atoms with Crippen LogP contribution in [-0.4, -0.2) is 39.3 Å². The first kappa shape index (κ1) is 25.2. The molecule has 0 heterocycles. The SMILES string of the molecule is COC/C(=C\c1cc(Br)ccc1N)[C@@H](c1ccccc1)C(CN(C)C)c1cccc2ccccc12. The minimum atomic E-state index is 0.0998. The second-order valence-electron chi connectivity index (χ2n) is 9.25. The molecule has 0 aliphatic heterocycles. The molecule has 1 unspecified atom stereocenters. The van der Waals surface area contributed by atoms with Crippen LogP contribution >= 0.6 is 15.9 Å². The van der Waals surface area contributed by atoms with Crippen molar-refractivity contribution in [1.29, 1.82) is 0 Å². The molecular formula is C31H33BrN2O. The molecule has 0 bridgehead atoms. The van der Waals surface area contributed by atoms with Gasteiger partial charge in [-0.15, -0.1) is 0 Å². The topological polar surface area (TPSA) is 38.5 Å². The molecule has 4 heteroatoms. The van der Waals surface area contributed by atoms with Crippen molar-refractivity contribution in [3.05, 3.63) is 118 Å². The number of anilines is 1. The van der Waals surface area contributed by atoms with E-state index in [9.17, 15) is 0 Å². The Morgan fingerprint density at radius 1 is 0.943 bits per heavy atom. The van der Waals surface area contributed by atoms with Crippen LogP contribution in [0.3, 0.4) is 0 Å². The molecule has 2 atom stereocenters. The van der Waals surface area contributed by atoms with Crippen molar-refractivity contribution in [3.8, 4) is 0 Å². The van der Waals surface area contributed by atoms with E-state index in [-0.39, 0.29) is 11.8 Å². The maximum absolute atomic E-state index is 6.40. The smallest absolute Gasteiger partial charge is 0.0682 e. The monoisotopic (exact) mass is 528 g/mol. The third kappa shape index (κ3) is 6.02. The molecule has 4 aromatic carbocycles. The molecule has 35 heavy (non-hydrogen) atoms. The maximum atomic E-state index is 6.40. The molecule has 0 radical (unpaired) electrons. The number of benzene rings is 4. The van der Waals surface area contributed by atoms with Crippen LogP contribution < -0.4 is 5.73 Å². The minimum absolute atomic E-state index is 0.0998. The number of nitrogens with two attached hydrogens (primary N) is 1. The normalized spacial score (nSPS) is 13.8. The highest BCUT2D eigenvalue weighted by atomic mass is 79.9. The molecule has 4 aromatic rings. The van der Waals surface area contributed by atoms with Gasteiger partial charge in [0.25, 0.3) is 0 Å². The van der Waals surface area contributed by atoms with Gasteiger partial charge in [-0.25, -0.2) is 0 Å². The maximum Gasteiger partial charge on any atom is 0.0682 e. The molecule has 0 fully saturated rings. The summed E-state index contributed by atoms with van der Waals surface area (Å²) in [6.45, 7) is 1.41. The fourth-order valence-corrected chi connectivity index (χ4v) is 5.35. The van der Waals surface area contributed by atoms with E-state index in [1.807, 2.05) is 12.1 Å². The van der Waals surface area contributed by atoms with Crippen LogP contribution in [0, 0.1) is 0 Å². The third-order valence-corrected chi connectivity index (χ3v) is 6.94. The zero-order valence-corrected chi connectivity index (χ0v) is 22.2. The van der Waals surface area contributed by atoms with Crippen molar-refractivity contribution >= 4 is 38.5 Å². The molecule has 0 aliphatic rings. The number of likely N-dealkylation sites (N-methyl/N-ethyl adjacent to an activating group) is 1. The first-order chi connectivity index (χ1) is 17.0. The van der Waals surface area contributed by atoms with Crippen molar-refractivity contribution in [2.75, 3.05) is 40.1 Å². The van der Waals surface area contributed by atoms with E-state index in [1.165, 1.54) is 27.5 Å². The number of fused-ring (bicyclic) bond motifs is 1. The van der Waals surface area contributed by atoms with Crippen molar-refractivity contribution in [2.24, 2.45) is 0 Å². The minimum Gasteiger partial charge on any atom is -0.398 e. The van der Waals surface area contributed by atoms with Gasteiger partial charge in [0.2, 0.25) is 0 Å². The van der Waals surface area contributed by atoms with Crippen molar-refractivity contribution in [3.63, 3.8) is 0 Å². The van der Waals surface area contributed by atoms with Crippen LogP contribution in [0.1, 0.15) is 28.5 Å². The lowest BCUT2D eigenvalue weighted by atomic mass is 9.75. The quantitative estimate of drug-likeness (QED) is 0.231. The Hall–Kier alpha value is -2.92. The van der Waals surface area contributed by atoms with Gasteiger partial charge in [-0.2, -0.15) is 0 Å². The number of hydrogen-bond donors (Lipinski definition) is 1. The third-order valence-electron chi connectivity index (χ3n) is 6.45. The van der Waals surface area contributed by atoms with Crippen LogP contribution in [0.2, 0.25) is 0 Å². The van der Waals surface area contributed by atoms with Gasteiger partial charge in [-0.1, -0.05) is 94.8 Å². The Bertz CT molecular complexity index is 1290. The molecule has 0 saturated carbocycles. The number of rotatable bonds is 9.